The van der Waals surface area contributed by atoms with E-state index in [0.717, 1.165) is 51.2 Å². The lowest BCUT2D eigenvalue weighted by Gasteiger charge is -2.25. The van der Waals surface area contributed by atoms with Crippen LogP contribution in [0.2, 0.25) is 0 Å². The molecule has 0 aliphatic carbocycles. The highest BCUT2D eigenvalue weighted by atomic mass is 15.5. The molecule has 1 saturated heterocycles. The van der Waals surface area contributed by atoms with Crippen molar-refractivity contribution in [1.82, 2.24) is 25.1 Å². The first-order valence-corrected chi connectivity index (χ1v) is 7.44. The molecule has 7 heteroatoms. The molecule has 0 aromatic carbocycles. The quantitative estimate of drug-likeness (QED) is 0.826. The molecule has 2 aromatic rings. The van der Waals surface area contributed by atoms with E-state index in [-0.39, 0.29) is 0 Å². The Bertz CT molecular complexity index is 603. The number of rotatable bonds is 2. The monoisotopic (exact) mass is 285 g/mol. The molecule has 0 bridgehead atoms. The van der Waals surface area contributed by atoms with Gasteiger partial charge in [0.15, 0.2) is 0 Å². The first-order chi connectivity index (χ1) is 10.4. The van der Waals surface area contributed by atoms with E-state index >= 15 is 0 Å². The van der Waals surface area contributed by atoms with Gasteiger partial charge >= 0.3 is 0 Å². The van der Waals surface area contributed by atoms with Crippen LogP contribution in [0.3, 0.4) is 0 Å². The van der Waals surface area contributed by atoms with Crippen LogP contribution in [0.5, 0.6) is 0 Å². The first-order valence-electron chi connectivity index (χ1n) is 7.44. The molecule has 1 atom stereocenters. The molecule has 0 amide bonds. The minimum atomic E-state index is 0.415. The summed E-state index contributed by atoms with van der Waals surface area (Å²) in [5, 5.41) is 11.4. The Labute approximate surface area is 123 Å². The molecule has 110 valence electrons. The molecule has 0 spiro atoms. The summed E-state index contributed by atoms with van der Waals surface area (Å²) in [7, 11) is 0. The number of hydrogen-bond donors (Lipinski definition) is 2. The van der Waals surface area contributed by atoms with Crippen molar-refractivity contribution in [2.24, 2.45) is 0 Å². The van der Waals surface area contributed by atoms with Gasteiger partial charge in [-0.2, -0.15) is 4.98 Å². The van der Waals surface area contributed by atoms with Crippen LogP contribution in [0.1, 0.15) is 11.5 Å². The number of fused-ring (bicyclic) bond motifs is 1. The molecule has 2 N–H and O–H groups in total. The third-order valence-corrected chi connectivity index (χ3v) is 4.14. The molecular formula is C14H19N7. The minimum absolute atomic E-state index is 0.415. The maximum atomic E-state index is 4.68. The van der Waals surface area contributed by atoms with E-state index in [9.17, 15) is 0 Å². The van der Waals surface area contributed by atoms with Crippen molar-refractivity contribution >= 4 is 11.9 Å². The lowest BCUT2D eigenvalue weighted by atomic mass is 9.99. The van der Waals surface area contributed by atoms with Crippen LogP contribution < -0.4 is 15.5 Å². The summed E-state index contributed by atoms with van der Waals surface area (Å²) in [4.78, 5) is 11.0. The van der Waals surface area contributed by atoms with E-state index in [0.29, 0.717) is 5.92 Å². The molecular weight excluding hydrogens is 266 g/mol. The van der Waals surface area contributed by atoms with Gasteiger partial charge < -0.3 is 15.5 Å². The van der Waals surface area contributed by atoms with Crippen molar-refractivity contribution in [2.45, 2.75) is 12.5 Å². The summed E-state index contributed by atoms with van der Waals surface area (Å²) in [6.45, 7) is 5.69. The van der Waals surface area contributed by atoms with Gasteiger partial charge in [0.2, 0.25) is 11.9 Å². The smallest absolute Gasteiger partial charge is 0.246 e. The van der Waals surface area contributed by atoms with Gasteiger partial charge in [0.25, 0.3) is 0 Å². The second-order valence-electron chi connectivity index (χ2n) is 5.51. The van der Waals surface area contributed by atoms with E-state index in [1.807, 2.05) is 17.1 Å². The van der Waals surface area contributed by atoms with Crippen LogP contribution in [0.15, 0.2) is 24.5 Å². The van der Waals surface area contributed by atoms with Gasteiger partial charge in [-0.15, -0.1) is 5.10 Å². The van der Waals surface area contributed by atoms with Gasteiger partial charge in [-0.1, -0.05) is 0 Å². The Morgan fingerprint density at radius 3 is 2.76 bits per heavy atom. The van der Waals surface area contributed by atoms with Gasteiger partial charge in [-0.3, -0.25) is 4.98 Å². The predicted octanol–water partition coefficient (Wildman–Crippen LogP) is 0.292. The standard InChI is InChI=1S/C14H19N7/c1-3-15-4-2-11(1)12-9-17-13-18-14(19-21(13)10-12)20-7-5-16-6-8-20/h1-4,12,16H,5-10H2,(H,17,18,19). The van der Waals surface area contributed by atoms with Crippen molar-refractivity contribution in [3.05, 3.63) is 30.1 Å². The van der Waals surface area contributed by atoms with E-state index in [4.69, 9.17) is 0 Å². The van der Waals surface area contributed by atoms with Crippen molar-refractivity contribution in [2.75, 3.05) is 42.9 Å². The normalized spacial score (nSPS) is 21.7. The summed E-state index contributed by atoms with van der Waals surface area (Å²) in [5.74, 6) is 2.14. The summed E-state index contributed by atoms with van der Waals surface area (Å²) >= 11 is 0. The average Bonchev–Trinajstić information content (AvgIpc) is 2.99. The van der Waals surface area contributed by atoms with Crippen molar-refractivity contribution < 1.29 is 0 Å². The molecule has 4 rings (SSSR count). The summed E-state index contributed by atoms with van der Waals surface area (Å²) in [6.07, 6.45) is 3.69. The highest BCUT2D eigenvalue weighted by Gasteiger charge is 2.24. The second-order valence-corrected chi connectivity index (χ2v) is 5.51. The Kier molecular flexibility index (Phi) is 3.19. The van der Waals surface area contributed by atoms with E-state index in [2.05, 4.69) is 42.7 Å². The Morgan fingerprint density at radius 1 is 1.14 bits per heavy atom. The Morgan fingerprint density at radius 2 is 1.95 bits per heavy atom. The van der Waals surface area contributed by atoms with Gasteiger partial charge in [-0.25, -0.2) is 4.68 Å². The topological polar surface area (TPSA) is 70.9 Å². The van der Waals surface area contributed by atoms with Crippen LogP contribution >= 0.6 is 0 Å². The lowest BCUT2D eigenvalue weighted by Crippen LogP contribution is -2.44. The molecule has 0 radical (unpaired) electrons. The number of aromatic nitrogens is 4. The number of pyridine rings is 1. The zero-order valence-corrected chi connectivity index (χ0v) is 11.9. The fraction of sp³-hybridized carbons (Fsp3) is 0.500. The van der Waals surface area contributed by atoms with Crippen molar-refractivity contribution in [3.63, 3.8) is 0 Å². The first kappa shape index (κ1) is 12.6. The van der Waals surface area contributed by atoms with Crippen molar-refractivity contribution in [3.8, 4) is 0 Å². The van der Waals surface area contributed by atoms with E-state index in [1.165, 1.54) is 5.56 Å². The summed E-state index contributed by atoms with van der Waals surface area (Å²) in [5.41, 5.74) is 1.29. The highest BCUT2D eigenvalue weighted by Crippen LogP contribution is 2.25. The molecule has 2 aliphatic heterocycles. The van der Waals surface area contributed by atoms with Crippen LogP contribution in [-0.2, 0) is 6.54 Å². The van der Waals surface area contributed by atoms with Crippen LogP contribution in [0.4, 0.5) is 11.9 Å². The second kappa shape index (κ2) is 5.33. The minimum Gasteiger partial charge on any atom is -0.354 e. The van der Waals surface area contributed by atoms with Gasteiger partial charge in [0.1, 0.15) is 0 Å². The van der Waals surface area contributed by atoms with Crippen LogP contribution in [-0.4, -0.2) is 52.5 Å². The van der Waals surface area contributed by atoms with Gasteiger partial charge in [0.05, 0.1) is 6.54 Å². The maximum Gasteiger partial charge on any atom is 0.246 e. The average molecular weight is 285 g/mol. The molecule has 1 fully saturated rings. The van der Waals surface area contributed by atoms with Gasteiger partial charge in [0, 0.05) is 51.0 Å². The maximum absolute atomic E-state index is 4.68. The molecule has 4 heterocycles. The molecule has 0 saturated carbocycles. The third kappa shape index (κ3) is 2.44. The number of nitrogens with one attached hydrogen (secondary N) is 2. The largest absolute Gasteiger partial charge is 0.354 e. The molecule has 2 aromatic heterocycles. The highest BCUT2D eigenvalue weighted by molar-refractivity contribution is 5.40. The number of anilines is 2. The Hall–Kier alpha value is -2.15. The Balaban J connectivity index is 1.54. The summed E-state index contributed by atoms with van der Waals surface area (Å²) < 4.78 is 1.99. The zero-order chi connectivity index (χ0) is 14.1. The fourth-order valence-corrected chi connectivity index (χ4v) is 2.93. The van der Waals surface area contributed by atoms with Crippen molar-refractivity contribution in [1.29, 1.82) is 0 Å². The number of piperazine rings is 1. The molecule has 7 nitrogen and oxygen atoms in total. The fourth-order valence-electron chi connectivity index (χ4n) is 2.93. The molecule has 1 unspecified atom stereocenters. The summed E-state index contributed by atoms with van der Waals surface area (Å²) in [6, 6.07) is 4.15. The molecule has 2 aliphatic rings. The number of nitrogens with zero attached hydrogens (tertiary/aromatic N) is 5. The van der Waals surface area contributed by atoms with E-state index in [1.54, 1.807) is 0 Å². The lowest BCUT2D eigenvalue weighted by molar-refractivity contribution is 0.500. The van der Waals surface area contributed by atoms with E-state index < -0.39 is 0 Å². The molecule has 21 heavy (non-hydrogen) atoms. The zero-order valence-electron chi connectivity index (χ0n) is 11.9. The van der Waals surface area contributed by atoms with Crippen LogP contribution in [0.25, 0.3) is 0 Å². The van der Waals surface area contributed by atoms with Gasteiger partial charge in [-0.05, 0) is 17.7 Å². The number of hydrogen-bond acceptors (Lipinski definition) is 6. The van der Waals surface area contributed by atoms with Crippen LogP contribution in [0, 0.1) is 0 Å². The third-order valence-electron chi connectivity index (χ3n) is 4.14. The predicted molar refractivity (Wildman–Crippen MR) is 80.6 cm³/mol. The SMILES string of the molecule is c1cc(C2CNc3nc(N4CCNCC4)nn3C2)ccn1.